The molecule has 0 unspecified atom stereocenters. The second-order valence-corrected chi connectivity index (χ2v) is 7.91. The van der Waals surface area contributed by atoms with Crippen LogP contribution in [0.3, 0.4) is 0 Å². The summed E-state index contributed by atoms with van der Waals surface area (Å²) in [6.07, 6.45) is 1.54. The van der Waals surface area contributed by atoms with E-state index in [1.54, 1.807) is 47.9 Å². The van der Waals surface area contributed by atoms with Gasteiger partial charge in [0.25, 0.3) is 5.91 Å². The number of halogens is 1. The molecule has 1 aliphatic rings. The summed E-state index contributed by atoms with van der Waals surface area (Å²) < 4.78 is 16.1. The molecule has 1 fully saturated rings. The number of anilines is 1. The van der Waals surface area contributed by atoms with Gasteiger partial charge in [-0.1, -0.05) is 29.8 Å². The number of nitrogens with one attached hydrogen (secondary N) is 2. The molecule has 3 aromatic rings. The van der Waals surface area contributed by atoms with E-state index in [1.807, 2.05) is 26.0 Å². The summed E-state index contributed by atoms with van der Waals surface area (Å²) in [5.41, 5.74) is 4.22. The molecule has 0 atom stereocenters. The van der Waals surface area contributed by atoms with Crippen molar-refractivity contribution in [3.63, 3.8) is 0 Å². The van der Waals surface area contributed by atoms with E-state index in [-0.39, 0.29) is 11.5 Å². The molecule has 2 N–H and O–H groups in total. The minimum absolute atomic E-state index is 0.0527. The van der Waals surface area contributed by atoms with Crippen molar-refractivity contribution in [1.29, 1.82) is 0 Å². The normalized spacial score (nSPS) is 14.7. The van der Waals surface area contributed by atoms with Gasteiger partial charge in [-0.15, -0.1) is 0 Å². The first-order valence-corrected chi connectivity index (χ1v) is 10.4. The fourth-order valence-corrected chi connectivity index (χ4v) is 3.79. The Morgan fingerprint density at radius 3 is 2.45 bits per heavy atom. The highest BCUT2D eigenvalue weighted by Gasteiger charge is 2.35. The van der Waals surface area contributed by atoms with Gasteiger partial charge in [-0.25, -0.2) is 14.1 Å². The number of carbonyl (C=O) groups excluding carboxylic acids is 3. The predicted octanol–water partition coefficient (Wildman–Crippen LogP) is 4.07. The van der Waals surface area contributed by atoms with E-state index < -0.39 is 24.4 Å². The number of para-hydroxylation sites is 1. The molecule has 0 spiro atoms. The maximum absolute atomic E-state index is 14.3. The summed E-state index contributed by atoms with van der Waals surface area (Å²) in [6, 6.07) is 14.7. The second-order valence-electron chi connectivity index (χ2n) is 7.91. The lowest BCUT2D eigenvalue weighted by Crippen LogP contribution is -2.38. The average molecular weight is 446 g/mol. The van der Waals surface area contributed by atoms with Crippen LogP contribution in [-0.2, 0) is 9.59 Å². The third kappa shape index (κ3) is 4.41. The molecule has 0 bridgehead atoms. The molecule has 2 aromatic carbocycles. The van der Waals surface area contributed by atoms with Crippen molar-refractivity contribution in [3.8, 4) is 5.69 Å². The van der Waals surface area contributed by atoms with Crippen LogP contribution in [0.5, 0.6) is 0 Å². The SMILES string of the molecule is Cc1ccc(NC(=O)CN2C(=O)N/C(=C/c3cc(C)n(-c4ccccc4F)c3C)C2=O)cc1. The van der Waals surface area contributed by atoms with Gasteiger partial charge in [0.1, 0.15) is 18.1 Å². The summed E-state index contributed by atoms with van der Waals surface area (Å²) in [6.45, 7) is 5.16. The lowest BCUT2D eigenvalue weighted by atomic mass is 10.2. The van der Waals surface area contributed by atoms with E-state index in [0.717, 1.165) is 16.2 Å². The Kier molecular flexibility index (Phi) is 5.83. The Labute approximate surface area is 190 Å². The zero-order valence-corrected chi connectivity index (χ0v) is 18.5. The molecule has 168 valence electrons. The van der Waals surface area contributed by atoms with Crippen LogP contribution in [0, 0.1) is 26.6 Å². The molecule has 0 radical (unpaired) electrons. The molecule has 0 aliphatic carbocycles. The Balaban J connectivity index is 1.53. The molecule has 7 nitrogen and oxygen atoms in total. The minimum Gasteiger partial charge on any atom is -0.325 e. The number of rotatable bonds is 5. The molecule has 1 saturated heterocycles. The largest absolute Gasteiger partial charge is 0.329 e. The topological polar surface area (TPSA) is 83.4 Å². The van der Waals surface area contributed by atoms with E-state index in [2.05, 4.69) is 10.6 Å². The van der Waals surface area contributed by atoms with Crippen LogP contribution in [0.2, 0.25) is 0 Å². The monoisotopic (exact) mass is 446 g/mol. The fraction of sp³-hybridized carbons (Fsp3) is 0.160. The van der Waals surface area contributed by atoms with Gasteiger partial charge in [0.2, 0.25) is 5.91 Å². The number of hydrogen-bond acceptors (Lipinski definition) is 3. The van der Waals surface area contributed by atoms with E-state index in [1.165, 1.54) is 12.1 Å². The van der Waals surface area contributed by atoms with Gasteiger partial charge in [-0.3, -0.25) is 9.59 Å². The van der Waals surface area contributed by atoms with Crippen molar-refractivity contribution >= 4 is 29.6 Å². The summed E-state index contributed by atoms with van der Waals surface area (Å²) in [5.74, 6) is -1.45. The van der Waals surface area contributed by atoms with Crippen LogP contribution in [-0.4, -0.2) is 33.9 Å². The standard InChI is InChI=1S/C25H23FN4O3/c1-15-8-10-19(11-9-15)27-23(31)14-29-24(32)21(28-25(29)33)13-18-12-16(2)30(17(18)3)22-7-5-4-6-20(22)26/h4-13H,14H2,1-3H3,(H,27,31)(H,28,33)/b21-13+. The highest BCUT2D eigenvalue weighted by atomic mass is 19.1. The first-order valence-electron chi connectivity index (χ1n) is 10.4. The number of benzene rings is 2. The lowest BCUT2D eigenvalue weighted by Gasteiger charge is -2.12. The summed E-state index contributed by atoms with van der Waals surface area (Å²) in [7, 11) is 0. The van der Waals surface area contributed by atoms with E-state index in [9.17, 15) is 18.8 Å². The maximum atomic E-state index is 14.3. The molecule has 8 heteroatoms. The number of urea groups is 1. The molecular formula is C25H23FN4O3. The van der Waals surface area contributed by atoms with Gasteiger partial charge in [-0.2, -0.15) is 0 Å². The Morgan fingerprint density at radius 1 is 1.06 bits per heavy atom. The zero-order chi connectivity index (χ0) is 23.7. The first-order chi connectivity index (χ1) is 15.7. The molecule has 33 heavy (non-hydrogen) atoms. The Hall–Kier alpha value is -4.20. The van der Waals surface area contributed by atoms with Crippen LogP contribution >= 0.6 is 0 Å². The lowest BCUT2D eigenvalue weighted by molar-refractivity contribution is -0.127. The highest BCUT2D eigenvalue weighted by molar-refractivity contribution is 6.16. The number of hydrogen-bond donors (Lipinski definition) is 2. The molecule has 1 aliphatic heterocycles. The second kappa shape index (κ2) is 8.74. The fourth-order valence-electron chi connectivity index (χ4n) is 3.79. The van der Waals surface area contributed by atoms with Crippen LogP contribution < -0.4 is 10.6 Å². The average Bonchev–Trinajstić information content (AvgIpc) is 3.19. The molecule has 0 saturated carbocycles. The van der Waals surface area contributed by atoms with Crippen molar-refractivity contribution in [2.45, 2.75) is 20.8 Å². The first kappa shape index (κ1) is 22.0. The highest BCUT2D eigenvalue weighted by Crippen LogP contribution is 2.25. The minimum atomic E-state index is -0.673. The summed E-state index contributed by atoms with van der Waals surface area (Å²) >= 11 is 0. The molecule has 4 rings (SSSR count). The predicted molar refractivity (Wildman–Crippen MR) is 123 cm³/mol. The van der Waals surface area contributed by atoms with Crippen LogP contribution in [0.25, 0.3) is 11.8 Å². The van der Waals surface area contributed by atoms with Crippen molar-refractivity contribution in [2.24, 2.45) is 0 Å². The van der Waals surface area contributed by atoms with Gasteiger partial charge < -0.3 is 15.2 Å². The number of amides is 4. The number of imide groups is 1. The number of nitrogens with zero attached hydrogens (tertiary/aromatic N) is 2. The van der Waals surface area contributed by atoms with E-state index in [0.29, 0.717) is 22.6 Å². The maximum Gasteiger partial charge on any atom is 0.329 e. The van der Waals surface area contributed by atoms with E-state index >= 15 is 0 Å². The smallest absolute Gasteiger partial charge is 0.325 e. The van der Waals surface area contributed by atoms with Crippen LogP contribution in [0.1, 0.15) is 22.5 Å². The number of aryl methyl sites for hydroxylation is 2. The van der Waals surface area contributed by atoms with Gasteiger partial charge in [-0.05, 0) is 62.7 Å². The van der Waals surface area contributed by atoms with Crippen LogP contribution in [0.15, 0.2) is 60.3 Å². The Bertz CT molecular complexity index is 1290. The van der Waals surface area contributed by atoms with Crippen molar-refractivity contribution in [1.82, 2.24) is 14.8 Å². The van der Waals surface area contributed by atoms with Gasteiger partial charge in [0.05, 0.1) is 5.69 Å². The van der Waals surface area contributed by atoms with Crippen molar-refractivity contribution in [2.75, 3.05) is 11.9 Å². The molecule has 4 amide bonds. The zero-order valence-electron chi connectivity index (χ0n) is 18.5. The van der Waals surface area contributed by atoms with Gasteiger partial charge >= 0.3 is 6.03 Å². The van der Waals surface area contributed by atoms with Crippen molar-refractivity contribution < 1.29 is 18.8 Å². The van der Waals surface area contributed by atoms with Crippen LogP contribution in [0.4, 0.5) is 14.9 Å². The molecule has 2 heterocycles. The molecular weight excluding hydrogens is 423 g/mol. The third-order valence-corrected chi connectivity index (χ3v) is 5.46. The van der Waals surface area contributed by atoms with E-state index in [4.69, 9.17) is 0 Å². The number of aromatic nitrogens is 1. The molecule has 1 aromatic heterocycles. The summed E-state index contributed by atoms with van der Waals surface area (Å²) in [5, 5.41) is 5.20. The Morgan fingerprint density at radius 2 is 1.76 bits per heavy atom. The third-order valence-electron chi connectivity index (χ3n) is 5.46. The van der Waals surface area contributed by atoms with Gasteiger partial charge in [0, 0.05) is 17.1 Å². The summed E-state index contributed by atoms with van der Waals surface area (Å²) in [4.78, 5) is 38.4. The quantitative estimate of drug-likeness (QED) is 0.458. The van der Waals surface area contributed by atoms with Crippen molar-refractivity contribution in [3.05, 3.63) is 88.6 Å². The van der Waals surface area contributed by atoms with Gasteiger partial charge in [0.15, 0.2) is 0 Å². The number of carbonyl (C=O) groups is 3.